The smallest absolute Gasteiger partial charge is 0.475 e. The van der Waals surface area contributed by atoms with E-state index >= 15 is 0 Å². The number of benzene rings is 2. The van der Waals surface area contributed by atoms with E-state index in [1.54, 1.807) is 35.3 Å². The van der Waals surface area contributed by atoms with Crippen LogP contribution in [0.5, 0.6) is 0 Å². The number of aliphatic carboxylic acids is 1. The van der Waals surface area contributed by atoms with Crippen molar-refractivity contribution in [3.05, 3.63) is 76.3 Å². The summed E-state index contributed by atoms with van der Waals surface area (Å²) in [5, 5.41) is 12.5. The molecule has 9 nitrogen and oxygen atoms in total. The molecular weight excluding hydrogens is 606 g/mol. The number of aromatic nitrogens is 4. The van der Waals surface area contributed by atoms with Gasteiger partial charge in [0.2, 0.25) is 0 Å². The van der Waals surface area contributed by atoms with Crippen LogP contribution < -0.4 is 10.6 Å². The first-order valence-corrected chi connectivity index (χ1v) is 12.7. The van der Waals surface area contributed by atoms with Crippen LogP contribution in [0, 0.1) is 6.92 Å². The third kappa shape index (κ3) is 8.00. The van der Waals surface area contributed by atoms with Crippen LogP contribution in [-0.4, -0.2) is 48.7 Å². The molecule has 43 heavy (non-hydrogen) atoms. The molecule has 2 heterocycles. The van der Waals surface area contributed by atoms with Crippen molar-refractivity contribution in [1.82, 2.24) is 19.5 Å². The van der Waals surface area contributed by atoms with Gasteiger partial charge in [-0.3, -0.25) is 9.36 Å². The number of nitrogens with one attached hydrogen (secondary N) is 2. The van der Waals surface area contributed by atoms with Crippen LogP contribution in [-0.2, 0) is 11.0 Å². The predicted molar refractivity (Wildman–Crippen MR) is 146 cm³/mol. The van der Waals surface area contributed by atoms with Gasteiger partial charge in [-0.2, -0.15) is 26.3 Å². The fraction of sp³-hybridized carbons (Fsp3) is 0.222. The quantitative estimate of drug-likeness (QED) is 0.199. The lowest BCUT2D eigenvalue weighted by Crippen LogP contribution is -2.21. The van der Waals surface area contributed by atoms with Gasteiger partial charge in [0, 0.05) is 23.5 Å². The summed E-state index contributed by atoms with van der Waals surface area (Å²) >= 11 is 5.66. The monoisotopic (exact) mass is 626 g/mol. The maximum Gasteiger partial charge on any atom is 0.490 e. The van der Waals surface area contributed by atoms with Crippen LogP contribution in [0.25, 0.3) is 23.4 Å². The van der Waals surface area contributed by atoms with Gasteiger partial charge in [-0.25, -0.2) is 19.7 Å². The molecule has 0 unspecified atom stereocenters. The SMILES string of the molecule is Cc1ccc(C(=O)Nc2ccc(Cl)c(C(F)(F)F)c2)cc1/C=C/n1cnc2c(NC3CC3)ncnc21.O=C(O)C(F)(F)F. The lowest BCUT2D eigenvalue weighted by Gasteiger charge is -2.12. The molecular formula is C27H21ClF6N6O3. The third-order valence-corrected chi connectivity index (χ3v) is 6.33. The van der Waals surface area contributed by atoms with Crippen LogP contribution in [0.2, 0.25) is 5.02 Å². The van der Waals surface area contributed by atoms with Gasteiger partial charge in [0.15, 0.2) is 17.0 Å². The van der Waals surface area contributed by atoms with Crippen molar-refractivity contribution >= 4 is 58.4 Å². The molecule has 0 saturated heterocycles. The number of rotatable bonds is 6. The molecule has 1 aliphatic rings. The van der Waals surface area contributed by atoms with Crippen LogP contribution in [0.15, 0.2) is 49.1 Å². The number of alkyl halides is 6. The maximum absolute atomic E-state index is 13.1. The van der Waals surface area contributed by atoms with E-state index in [4.69, 9.17) is 21.5 Å². The van der Waals surface area contributed by atoms with Crippen LogP contribution in [0.4, 0.5) is 37.8 Å². The zero-order valence-electron chi connectivity index (χ0n) is 22.0. The van der Waals surface area contributed by atoms with Gasteiger partial charge in [-0.15, -0.1) is 0 Å². The van der Waals surface area contributed by atoms with E-state index in [1.165, 1.54) is 12.4 Å². The maximum atomic E-state index is 13.1. The van der Waals surface area contributed by atoms with Crippen molar-refractivity contribution < 1.29 is 41.0 Å². The molecule has 3 N–H and O–H groups in total. The van der Waals surface area contributed by atoms with Crippen molar-refractivity contribution in [1.29, 1.82) is 0 Å². The standard InChI is InChI=1S/C25H20ClF3N6O.C2HF3O2/c1-14-2-3-16(24(36)34-18-6-7-20(26)19(11-18)25(27,28)29)10-15(14)8-9-35-13-32-21-22(33-17-4-5-17)30-12-31-23(21)35;3-2(4,5)1(6)7/h2-3,6-13,17H,4-5H2,1H3,(H,34,36)(H,30,31,33);(H,6,7)/b9-8+;. The molecule has 5 rings (SSSR count). The van der Waals surface area contributed by atoms with Gasteiger partial charge in [0.25, 0.3) is 5.91 Å². The minimum atomic E-state index is -5.08. The largest absolute Gasteiger partial charge is 0.490 e. The second-order valence-electron chi connectivity index (χ2n) is 9.30. The molecule has 2 aromatic carbocycles. The van der Waals surface area contributed by atoms with Gasteiger partial charge < -0.3 is 15.7 Å². The summed E-state index contributed by atoms with van der Waals surface area (Å²) < 4.78 is 72.9. The summed E-state index contributed by atoms with van der Waals surface area (Å²) in [6.45, 7) is 1.89. The molecule has 0 aliphatic heterocycles. The molecule has 0 bridgehead atoms. The summed E-state index contributed by atoms with van der Waals surface area (Å²) in [5.74, 6) is -2.61. The molecule has 2 aromatic heterocycles. The van der Waals surface area contributed by atoms with Crippen LogP contribution in [0.1, 0.15) is 39.9 Å². The molecule has 1 saturated carbocycles. The van der Waals surface area contributed by atoms with E-state index in [9.17, 15) is 31.1 Å². The highest BCUT2D eigenvalue weighted by atomic mass is 35.5. The Kier molecular flexibility index (Phi) is 8.94. The van der Waals surface area contributed by atoms with Crippen molar-refractivity contribution in [2.24, 2.45) is 0 Å². The number of carbonyl (C=O) groups is 2. The molecule has 226 valence electrons. The fourth-order valence-electron chi connectivity index (χ4n) is 3.63. The van der Waals surface area contributed by atoms with Crippen LogP contribution >= 0.6 is 11.6 Å². The first-order valence-electron chi connectivity index (χ1n) is 12.3. The van der Waals surface area contributed by atoms with E-state index in [0.717, 1.165) is 36.1 Å². The van der Waals surface area contributed by atoms with Crippen molar-refractivity contribution in [2.45, 2.75) is 38.2 Å². The molecule has 1 fully saturated rings. The second-order valence-corrected chi connectivity index (χ2v) is 9.71. The van der Waals surface area contributed by atoms with Gasteiger partial charge in [-0.1, -0.05) is 17.7 Å². The first kappa shape index (κ1) is 31.3. The average molecular weight is 627 g/mol. The Balaban J connectivity index is 0.000000541. The lowest BCUT2D eigenvalue weighted by atomic mass is 10.0. The fourth-order valence-corrected chi connectivity index (χ4v) is 3.86. The number of imidazole rings is 1. The number of aryl methyl sites for hydroxylation is 1. The van der Waals surface area contributed by atoms with Crippen molar-refractivity contribution in [3.63, 3.8) is 0 Å². The number of fused-ring (bicyclic) bond motifs is 1. The molecule has 1 aliphatic carbocycles. The Morgan fingerprint density at radius 3 is 2.37 bits per heavy atom. The zero-order chi connectivity index (χ0) is 31.5. The Hall–Kier alpha value is -4.66. The number of hydrogen-bond acceptors (Lipinski definition) is 6. The molecule has 0 atom stereocenters. The minimum absolute atomic E-state index is 0.00503. The minimum Gasteiger partial charge on any atom is -0.475 e. The van der Waals surface area contributed by atoms with Crippen molar-refractivity contribution in [3.8, 4) is 0 Å². The van der Waals surface area contributed by atoms with Crippen molar-refractivity contribution in [2.75, 3.05) is 10.6 Å². The summed E-state index contributed by atoms with van der Waals surface area (Å²) in [6.07, 6.45) is -0.783. The highest BCUT2D eigenvalue weighted by Crippen LogP contribution is 2.36. The zero-order valence-corrected chi connectivity index (χ0v) is 22.7. The van der Waals surface area contributed by atoms with E-state index in [-0.39, 0.29) is 11.3 Å². The number of halogens is 7. The average Bonchev–Trinajstić information content (AvgIpc) is 3.65. The number of hydrogen-bond donors (Lipinski definition) is 3. The number of carboxylic acids is 1. The summed E-state index contributed by atoms with van der Waals surface area (Å²) in [6, 6.07) is 8.70. The Bertz CT molecular complexity index is 1700. The molecule has 0 radical (unpaired) electrons. The normalized spacial score (nSPS) is 13.5. The van der Waals surface area contributed by atoms with E-state index in [0.29, 0.717) is 23.0 Å². The number of carboxylic acid groups (broad SMARTS) is 1. The number of carbonyl (C=O) groups excluding carboxylic acids is 1. The number of nitrogens with zero attached hydrogens (tertiary/aromatic N) is 4. The van der Waals surface area contributed by atoms with Gasteiger partial charge in [0.05, 0.1) is 10.6 Å². The molecule has 1 amide bonds. The first-order chi connectivity index (χ1) is 20.1. The van der Waals surface area contributed by atoms with Gasteiger partial charge >= 0.3 is 18.3 Å². The Morgan fingerprint density at radius 2 is 1.74 bits per heavy atom. The summed E-state index contributed by atoms with van der Waals surface area (Å²) in [4.78, 5) is 34.7. The molecule has 4 aromatic rings. The molecule has 0 spiro atoms. The summed E-state index contributed by atoms with van der Waals surface area (Å²) in [5.41, 5.74) is 2.23. The third-order valence-electron chi connectivity index (χ3n) is 6.01. The van der Waals surface area contributed by atoms with Crippen LogP contribution in [0.3, 0.4) is 0 Å². The Labute approximate surface area is 244 Å². The van der Waals surface area contributed by atoms with Gasteiger partial charge in [-0.05, 0) is 67.3 Å². The highest BCUT2D eigenvalue weighted by molar-refractivity contribution is 6.31. The molecule has 16 heteroatoms. The number of amides is 1. The highest BCUT2D eigenvalue weighted by Gasteiger charge is 2.38. The van der Waals surface area contributed by atoms with E-state index in [1.807, 2.05) is 13.0 Å². The number of anilines is 2. The topological polar surface area (TPSA) is 122 Å². The van der Waals surface area contributed by atoms with Gasteiger partial charge in [0.1, 0.15) is 12.7 Å². The summed E-state index contributed by atoms with van der Waals surface area (Å²) in [7, 11) is 0. The Morgan fingerprint density at radius 1 is 1.05 bits per heavy atom. The van der Waals surface area contributed by atoms with E-state index in [2.05, 4.69) is 25.6 Å². The second kappa shape index (κ2) is 12.3. The lowest BCUT2D eigenvalue weighted by molar-refractivity contribution is -0.192. The van der Waals surface area contributed by atoms with E-state index < -0.39 is 34.8 Å². The predicted octanol–water partition coefficient (Wildman–Crippen LogP) is 6.89.